The SMILES string of the molecule is Cc1nc(CCNCC(C)C)sc1C. The Bertz CT molecular complexity index is 259. The smallest absolute Gasteiger partial charge is 0.0943 e. The largest absolute Gasteiger partial charge is 0.316 e. The second kappa shape index (κ2) is 5.47. The Hall–Kier alpha value is -0.410. The molecule has 1 heterocycles. The minimum atomic E-state index is 0.731. The van der Waals surface area contributed by atoms with Crippen LogP contribution < -0.4 is 5.32 Å². The lowest BCUT2D eigenvalue weighted by molar-refractivity contribution is 0.554. The number of aryl methyl sites for hydroxylation is 2. The zero-order valence-electron chi connectivity index (χ0n) is 9.55. The zero-order chi connectivity index (χ0) is 10.6. The summed E-state index contributed by atoms with van der Waals surface area (Å²) in [6.45, 7) is 10.8. The number of aromatic nitrogens is 1. The molecular formula is C11H20N2S. The van der Waals surface area contributed by atoms with E-state index < -0.39 is 0 Å². The number of hydrogen-bond acceptors (Lipinski definition) is 3. The topological polar surface area (TPSA) is 24.9 Å². The van der Waals surface area contributed by atoms with Crippen LogP contribution in [0, 0.1) is 19.8 Å². The van der Waals surface area contributed by atoms with Gasteiger partial charge in [0.1, 0.15) is 0 Å². The van der Waals surface area contributed by atoms with E-state index in [4.69, 9.17) is 0 Å². The second-order valence-corrected chi connectivity index (χ2v) is 5.38. The van der Waals surface area contributed by atoms with Crippen LogP contribution in [0.1, 0.15) is 29.4 Å². The van der Waals surface area contributed by atoms with Crippen molar-refractivity contribution in [2.75, 3.05) is 13.1 Å². The fraction of sp³-hybridized carbons (Fsp3) is 0.727. The molecule has 1 N–H and O–H groups in total. The molecule has 0 amide bonds. The molecule has 0 saturated carbocycles. The van der Waals surface area contributed by atoms with E-state index in [0.717, 1.165) is 25.4 Å². The molecule has 0 saturated heterocycles. The lowest BCUT2D eigenvalue weighted by atomic mass is 10.2. The van der Waals surface area contributed by atoms with Crippen LogP contribution in [-0.2, 0) is 6.42 Å². The normalized spacial score (nSPS) is 11.2. The lowest BCUT2D eigenvalue weighted by Gasteiger charge is -2.05. The van der Waals surface area contributed by atoms with Crippen molar-refractivity contribution in [3.63, 3.8) is 0 Å². The van der Waals surface area contributed by atoms with E-state index in [9.17, 15) is 0 Å². The van der Waals surface area contributed by atoms with Gasteiger partial charge in [0.15, 0.2) is 0 Å². The maximum Gasteiger partial charge on any atom is 0.0943 e. The molecule has 0 aliphatic carbocycles. The highest BCUT2D eigenvalue weighted by Gasteiger charge is 2.02. The minimum Gasteiger partial charge on any atom is -0.316 e. The predicted octanol–water partition coefficient (Wildman–Crippen LogP) is 2.55. The Balaban J connectivity index is 2.25. The van der Waals surface area contributed by atoms with Gasteiger partial charge in [-0.25, -0.2) is 4.98 Å². The molecule has 0 aliphatic rings. The molecule has 1 rings (SSSR count). The first-order valence-corrected chi connectivity index (χ1v) is 6.05. The van der Waals surface area contributed by atoms with E-state index in [1.807, 2.05) is 11.3 Å². The van der Waals surface area contributed by atoms with Crippen molar-refractivity contribution in [2.45, 2.75) is 34.1 Å². The van der Waals surface area contributed by atoms with Crippen LogP contribution in [0.4, 0.5) is 0 Å². The summed E-state index contributed by atoms with van der Waals surface area (Å²) in [5, 5.41) is 4.69. The van der Waals surface area contributed by atoms with E-state index in [-0.39, 0.29) is 0 Å². The highest BCUT2D eigenvalue weighted by Crippen LogP contribution is 2.16. The summed E-state index contributed by atoms with van der Waals surface area (Å²) in [6.07, 6.45) is 1.06. The third-order valence-electron chi connectivity index (χ3n) is 2.14. The van der Waals surface area contributed by atoms with Crippen molar-refractivity contribution in [1.29, 1.82) is 0 Å². The summed E-state index contributed by atoms with van der Waals surface area (Å²) in [5.74, 6) is 0.731. The van der Waals surface area contributed by atoms with Gasteiger partial charge in [0, 0.05) is 17.8 Å². The first-order chi connectivity index (χ1) is 6.59. The van der Waals surface area contributed by atoms with Gasteiger partial charge in [-0.1, -0.05) is 13.8 Å². The molecule has 1 aromatic heterocycles. The zero-order valence-corrected chi connectivity index (χ0v) is 10.4. The molecule has 80 valence electrons. The van der Waals surface area contributed by atoms with Gasteiger partial charge < -0.3 is 5.32 Å². The Kier molecular flexibility index (Phi) is 4.55. The van der Waals surface area contributed by atoms with Crippen LogP contribution in [0.25, 0.3) is 0 Å². The van der Waals surface area contributed by atoms with Crippen molar-refractivity contribution in [1.82, 2.24) is 10.3 Å². The van der Waals surface area contributed by atoms with Crippen LogP contribution in [-0.4, -0.2) is 18.1 Å². The van der Waals surface area contributed by atoms with Crippen LogP contribution in [0.3, 0.4) is 0 Å². The number of hydrogen-bond donors (Lipinski definition) is 1. The molecule has 0 spiro atoms. The van der Waals surface area contributed by atoms with Crippen molar-refractivity contribution < 1.29 is 0 Å². The molecule has 14 heavy (non-hydrogen) atoms. The summed E-state index contributed by atoms with van der Waals surface area (Å²) >= 11 is 1.82. The fourth-order valence-corrected chi connectivity index (χ4v) is 2.17. The monoisotopic (exact) mass is 212 g/mol. The van der Waals surface area contributed by atoms with Crippen LogP contribution in [0.2, 0.25) is 0 Å². The molecule has 0 radical (unpaired) electrons. The first kappa shape index (κ1) is 11.7. The Morgan fingerprint density at radius 1 is 1.36 bits per heavy atom. The highest BCUT2D eigenvalue weighted by atomic mass is 32.1. The van der Waals surface area contributed by atoms with Crippen molar-refractivity contribution in [3.05, 3.63) is 15.6 Å². The first-order valence-electron chi connectivity index (χ1n) is 5.23. The Morgan fingerprint density at radius 2 is 2.07 bits per heavy atom. The van der Waals surface area contributed by atoms with Gasteiger partial charge in [-0.3, -0.25) is 0 Å². The lowest BCUT2D eigenvalue weighted by Crippen LogP contribution is -2.22. The van der Waals surface area contributed by atoms with E-state index in [1.54, 1.807) is 0 Å². The molecule has 0 fully saturated rings. The van der Waals surface area contributed by atoms with E-state index in [0.29, 0.717) is 0 Å². The van der Waals surface area contributed by atoms with Gasteiger partial charge in [-0.15, -0.1) is 11.3 Å². The summed E-state index contributed by atoms with van der Waals surface area (Å²) in [6, 6.07) is 0. The van der Waals surface area contributed by atoms with Crippen LogP contribution in [0.5, 0.6) is 0 Å². The van der Waals surface area contributed by atoms with Crippen molar-refractivity contribution >= 4 is 11.3 Å². The van der Waals surface area contributed by atoms with E-state index in [2.05, 4.69) is 38.0 Å². The predicted molar refractivity (Wildman–Crippen MR) is 63.0 cm³/mol. The van der Waals surface area contributed by atoms with E-state index in [1.165, 1.54) is 15.6 Å². The molecular weight excluding hydrogens is 192 g/mol. The maximum atomic E-state index is 4.51. The Labute approximate surface area is 90.8 Å². The van der Waals surface area contributed by atoms with Gasteiger partial charge in [0.25, 0.3) is 0 Å². The molecule has 0 atom stereocenters. The second-order valence-electron chi connectivity index (χ2n) is 4.10. The van der Waals surface area contributed by atoms with Gasteiger partial charge in [0.05, 0.1) is 10.7 Å². The quantitative estimate of drug-likeness (QED) is 0.759. The van der Waals surface area contributed by atoms with Gasteiger partial charge >= 0.3 is 0 Å². The van der Waals surface area contributed by atoms with Gasteiger partial charge in [0.2, 0.25) is 0 Å². The summed E-state index contributed by atoms with van der Waals surface area (Å²) in [5.41, 5.74) is 1.19. The number of nitrogens with zero attached hydrogens (tertiary/aromatic N) is 1. The third-order valence-corrected chi connectivity index (χ3v) is 3.27. The molecule has 0 unspecified atom stereocenters. The standard InChI is InChI=1S/C11H20N2S/c1-8(2)7-12-6-5-11-13-9(3)10(4)14-11/h8,12H,5-7H2,1-4H3. The molecule has 3 heteroatoms. The highest BCUT2D eigenvalue weighted by molar-refractivity contribution is 7.11. The number of thiazole rings is 1. The maximum absolute atomic E-state index is 4.51. The molecule has 2 nitrogen and oxygen atoms in total. The fourth-order valence-electron chi connectivity index (χ4n) is 1.23. The Morgan fingerprint density at radius 3 is 2.57 bits per heavy atom. The van der Waals surface area contributed by atoms with E-state index >= 15 is 0 Å². The average molecular weight is 212 g/mol. The van der Waals surface area contributed by atoms with Gasteiger partial charge in [-0.05, 0) is 26.3 Å². The van der Waals surface area contributed by atoms with Crippen molar-refractivity contribution in [3.8, 4) is 0 Å². The van der Waals surface area contributed by atoms with Crippen LogP contribution in [0.15, 0.2) is 0 Å². The number of nitrogens with one attached hydrogen (secondary N) is 1. The van der Waals surface area contributed by atoms with Crippen molar-refractivity contribution in [2.24, 2.45) is 5.92 Å². The minimum absolute atomic E-state index is 0.731. The molecule has 0 bridgehead atoms. The molecule has 0 aliphatic heterocycles. The molecule has 1 aromatic rings. The number of rotatable bonds is 5. The third kappa shape index (κ3) is 3.76. The van der Waals surface area contributed by atoms with Gasteiger partial charge in [-0.2, -0.15) is 0 Å². The summed E-state index contributed by atoms with van der Waals surface area (Å²) in [7, 11) is 0. The summed E-state index contributed by atoms with van der Waals surface area (Å²) < 4.78 is 0. The molecule has 0 aromatic carbocycles. The van der Waals surface area contributed by atoms with Crippen LogP contribution >= 0.6 is 11.3 Å². The summed E-state index contributed by atoms with van der Waals surface area (Å²) in [4.78, 5) is 5.86. The average Bonchev–Trinajstić information content (AvgIpc) is 2.40.